The average molecular weight is 688 g/mol. The molecule has 5 rings (SSSR count). The van der Waals surface area contributed by atoms with E-state index >= 15 is 0 Å². The first-order chi connectivity index (χ1) is 22.1. The van der Waals surface area contributed by atoms with Gasteiger partial charge in [-0.3, -0.25) is 8.97 Å². The normalized spacial score (nSPS) is 17.0. The molecule has 0 bridgehead atoms. The Labute approximate surface area is 280 Å². The lowest BCUT2D eigenvalue weighted by Gasteiger charge is -2.43. The van der Waals surface area contributed by atoms with Gasteiger partial charge in [0, 0.05) is 48.7 Å². The van der Waals surface area contributed by atoms with E-state index in [-0.39, 0.29) is 50.5 Å². The molecule has 0 aliphatic carbocycles. The maximum atomic E-state index is 15.0. The lowest BCUT2D eigenvalue weighted by molar-refractivity contribution is -0.141. The fraction of sp³-hybridized carbons (Fsp3) is 0.485. The van der Waals surface area contributed by atoms with Crippen molar-refractivity contribution in [2.24, 2.45) is 5.41 Å². The number of alkyl halides is 3. The van der Waals surface area contributed by atoms with E-state index in [1.807, 2.05) is 19.9 Å². The zero-order valence-electron chi connectivity index (χ0n) is 27.9. The molecular formula is C33H37ClF3N7O4. The number of nitrogens with zero attached hydrogens (tertiary/aromatic N) is 6. The van der Waals surface area contributed by atoms with E-state index in [4.69, 9.17) is 21.1 Å². The van der Waals surface area contributed by atoms with Crippen LogP contribution in [-0.4, -0.2) is 66.4 Å². The van der Waals surface area contributed by atoms with Crippen molar-refractivity contribution in [3.05, 3.63) is 47.0 Å². The number of imidazole rings is 1. The SMILES string of the molecule is CC1(C)C[C@H](Nc2nc(-c3cn(C(=O)OC(C)(C)C)c4c(Cl)c(C#N)ccc34)c(C(F)(F)F)n3ccnc23)CN(C(=O)OC(C)(C)C)C1. The summed E-state index contributed by atoms with van der Waals surface area (Å²) in [5, 5.41) is 12.9. The van der Waals surface area contributed by atoms with Crippen molar-refractivity contribution in [1.29, 1.82) is 5.26 Å². The maximum Gasteiger partial charge on any atom is 0.433 e. The highest BCUT2D eigenvalue weighted by Crippen LogP contribution is 2.43. The van der Waals surface area contributed by atoms with Gasteiger partial charge in [0.25, 0.3) is 0 Å². The topological polar surface area (TPSA) is 127 Å². The van der Waals surface area contributed by atoms with Gasteiger partial charge in [-0.05, 0) is 59.4 Å². The van der Waals surface area contributed by atoms with E-state index in [1.165, 1.54) is 30.7 Å². The van der Waals surface area contributed by atoms with Crippen LogP contribution in [0.5, 0.6) is 0 Å². The summed E-state index contributed by atoms with van der Waals surface area (Å²) >= 11 is 6.57. The van der Waals surface area contributed by atoms with E-state index in [1.54, 1.807) is 46.4 Å². The number of hydrogen-bond acceptors (Lipinski definition) is 8. The summed E-state index contributed by atoms with van der Waals surface area (Å²) in [6.07, 6.45) is -2.17. The van der Waals surface area contributed by atoms with E-state index in [0.717, 1.165) is 8.97 Å². The third-order valence-corrected chi connectivity index (χ3v) is 7.91. The number of nitriles is 1. The number of ether oxygens (including phenoxy) is 2. The van der Waals surface area contributed by atoms with Gasteiger partial charge >= 0.3 is 18.4 Å². The Kier molecular flexibility index (Phi) is 8.61. The molecule has 1 amide bonds. The molecule has 0 radical (unpaired) electrons. The number of rotatable bonds is 3. The smallest absolute Gasteiger partial charge is 0.433 e. The molecule has 1 aromatic carbocycles. The molecule has 48 heavy (non-hydrogen) atoms. The highest BCUT2D eigenvalue weighted by Gasteiger charge is 2.41. The van der Waals surface area contributed by atoms with Crippen molar-refractivity contribution in [3.63, 3.8) is 0 Å². The third-order valence-electron chi connectivity index (χ3n) is 7.53. The minimum Gasteiger partial charge on any atom is -0.444 e. The molecule has 1 N–H and O–H groups in total. The van der Waals surface area contributed by atoms with E-state index in [9.17, 15) is 28.0 Å². The Balaban J connectivity index is 1.70. The largest absolute Gasteiger partial charge is 0.444 e. The lowest BCUT2D eigenvalue weighted by atomic mass is 9.82. The van der Waals surface area contributed by atoms with Crippen LogP contribution in [0.1, 0.15) is 73.1 Å². The number of likely N-dealkylation sites (tertiary alicyclic amines) is 1. The van der Waals surface area contributed by atoms with Gasteiger partial charge in [0.15, 0.2) is 17.2 Å². The molecule has 0 saturated carbocycles. The molecule has 11 nitrogen and oxygen atoms in total. The van der Waals surface area contributed by atoms with Gasteiger partial charge in [-0.2, -0.15) is 18.4 Å². The Morgan fingerprint density at radius 2 is 1.73 bits per heavy atom. The molecule has 1 aliphatic heterocycles. The van der Waals surface area contributed by atoms with Gasteiger partial charge in [-0.25, -0.2) is 19.6 Å². The molecule has 1 fully saturated rings. The summed E-state index contributed by atoms with van der Waals surface area (Å²) in [7, 11) is 0. The van der Waals surface area contributed by atoms with Crippen LogP contribution in [0.2, 0.25) is 5.02 Å². The van der Waals surface area contributed by atoms with Crippen LogP contribution in [0.3, 0.4) is 0 Å². The van der Waals surface area contributed by atoms with Crippen LogP contribution in [0.25, 0.3) is 27.8 Å². The summed E-state index contributed by atoms with van der Waals surface area (Å²) in [5.41, 5.74) is -3.83. The standard InChI is InChI=1S/C33H37ClF3N7O4/c1-30(2,3)47-28(45)42-15-19(13-32(7,8)17-42)40-26-27-39-11-12-43(27)25(33(35,36)37)23(41-26)21-16-44(29(46)48-31(4,5)6)24-20(21)10-9-18(14-38)22(24)34/h9-12,16,19H,13,15,17H2,1-8H3,(H,40,41)/t19-/m0/s1. The number of hydrogen-bond donors (Lipinski definition) is 1. The van der Waals surface area contributed by atoms with Crippen molar-refractivity contribution >= 4 is 46.2 Å². The van der Waals surface area contributed by atoms with Gasteiger partial charge in [0.05, 0.1) is 16.1 Å². The number of benzene rings is 1. The number of carbonyl (C=O) groups is 2. The summed E-state index contributed by atoms with van der Waals surface area (Å²) in [6.45, 7) is 14.8. The molecule has 1 saturated heterocycles. The minimum absolute atomic E-state index is 0.00263. The third kappa shape index (κ3) is 7.01. The molecule has 3 aromatic heterocycles. The van der Waals surface area contributed by atoms with E-state index in [0.29, 0.717) is 13.0 Å². The Morgan fingerprint density at radius 3 is 2.33 bits per heavy atom. The van der Waals surface area contributed by atoms with Crippen molar-refractivity contribution in [2.45, 2.75) is 85.2 Å². The molecule has 1 atom stereocenters. The molecule has 4 heterocycles. The summed E-state index contributed by atoms with van der Waals surface area (Å²) in [6, 6.07) is 4.29. The van der Waals surface area contributed by atoms with Crippen molar-refractivity contribution in [2.75, 3.05) is 18.4 Å². The molecule has 0 spiro atoms. The number of amides is 1. The Hall–Kier alpha value is -4.51. The second-order valence-corrected chi connectivity index (χ2v) is 15.1. The number of nitrogens with one attached hydrogen (secondary N) is 1. The highest BCUT2D eigenvalue weighted by molar-refractivity contribution is 6.37. The minimum atomic E-state index is -4.92. The first-order valence-electron chi connectivity index (χ1n) is 15.2. The maximum absolute atomic E-state index is 15.0. The number of carbonyl (C=O) groups excluding carboxylic acids is 2. The first-order valence-corrected chi connectivity index (χ1v) is 15.6. The van der Waals surface area contributed by atoms with Gasteiger partial charge in [-0.1, -0.05) is 31.5 Å². The highest BCUT2D eigenvalue weighted by atomic mass is 35.5. The molecule has 4 aromatic rings. The number of piperidine rings is 1. The van der Waals surface area contributed by atoms with Crippen LogP contribution in [0, 0.1) is 16.7 Å². The van der Waals surface area contributed by atoms with Crippen molar-refractivity contribution in [3.8, 4) is 17.3 Å². The van der Waals surface area contributed by atoms with E-state index < -0.39 is 47.0 Å². The zero-order chi connectivity index (χ0) is 35.6. The van der Waals surface area contributed by atoms with Crippen LogP contribution in [0.15, 0.2) is 30.7 Å². The number of anilines is 1. The van der Waals surface area contributed by atoms with Crippen LogP contribution in [-0.2, 0) is 15.7 Å². The second-order valence-electron chi connectivity index (χ2n) is 14.7. The number of aromatic nitrogens is 4. The molecule has 256 valence electrons. The average Bonchev–Trinajstić information content (AvgIpc) is 3.55. The Morgan fingerprint density at radius 1 is 1.08 bits per heavy atom. The van der Waals surface area contributed by atoms with Gasteiger partial charge in [0.1, 0.15) is 23.0 Å². The lowest BCUT2D eigenvalue weighted by Crippen LogP contribution is -2.53. The van der Waals surface area contributed by atoms with Gasteiger partial charge < -0.3 is 19.7 Å². The van der Waals surface area contributed by atoms with Crippen LogP contribution >= 0.6 is 11.6 Å². The predicted octanol–water partition coefficient (Wildman–Crippen LogP) is 8.13. The summed E-state index contributed by atoms with van der Waals surface area (Å²) in [4.78, 5) is 36.7. The fourth-order valence-corrected chi connectivity index (χ4v) is 6.25. The Bertz CT molecular complexity index is 1960. The molecule has 1 aliphatic rings. The van der Waals surface area contributed by atoms with Gasteiger partial charge in [0.2, 0.25) is 0 Å². The number of halogens is 4. The molecular weight excluding hydrogens is 651 g/mol. The van der Waals surface area contributed by atoms with Crippen LogP contribution in [0.4, 0.5) is 28.6 Å². The molecule has 0 unspecified atom stereocenters. The van der Waals surface area contributed by atoms with Gasteiger partial charge in [-0.15, -0.1) is 0 Å². The van der Waals surface area contributed by atoms with Crippen molar-refractivity contribution < 1.29 is 32.2 Å². The monoisotopic (exact) mass is 687 g/mol. The first kappa shape index (κ1) is 34.8. The second kappa shape index (κ2) is 11.9. The van der Waals surface area contributed by atoms with Crippen LogP contribution < -0.4 is 5.32 Å². The zero-order valence-corrected chi connectivity index (χ0v) is 28.7. The predicted molar refractivity (Wildman–Crippen MR) is 174 cm³/mol. The van der Waals surface area contributed by atoms with Crippen molar-refractivity contribution in [1.82, 2.24) is 23.8 Å². The molecule has 15 heteroatoms. The fourth-order valence-electron chi connectivity index (χ4n) is 5.95. The number of fused-ring (bicyclic) bond motifs is 2. The quantitative estimate of drug-likeness (QED) is 0.229. The summed E-state index contributed by atoms with van der Waals surface area (Å²) < 4.78 is 57.9. The van der Waals surface area contributed by atoms with E-state index in [2.05, 4.69) is 15.3 Å². The summed E-state index contributed by atoms with van der Waals surface area (Å²) in [5.74, 6) is 0.0350.